The molecule has 1 heterocycles. The highest BCUT2D eigenvalue weighted by atomic mass is 28.3. The van der Waals surface area contributed by atoms with Crippen LogP contribution in [-0.2, 0) is 9.47 Å². The van der Waals surface area contributed by atoms with Crippen molar-refractivity contribution in [3.63, 3.8) is 0 Å². The van der Waals surface area contributed by atoms with E-state index in [0.29, 0.717) is 0 Å². The maximum atomic E-state index is 9.88. The van der Waals surface area contributed by atoms with Crippen molar-refractivity contribution in [1.82, 2.24) is 0 Å². The lowest BCUT2D eigenvalue weighted by Crippen LogP contribution is -2.59. The van der Waals surface area contributed by atoms with Gasteiger partial charge in [-0.2, -0.15) is 0 Å². The summed E-state index contributed by atoms with van der Waals surface area (Å²) in [4.78, 5) is 0. The maximum Gasteiger partial charge on any atom is 0.188 e. The molecule has 7 heteroatoms. The molecule has 1 rings (SSSR count). The third kappa shape index (κ3) is 5.20. The minimum Gasteiger partial charge on any atom is -0.394 e. The summed E-state index contributed by atoms with van der Waals surface area (Å²) in [5, 5.41) is 38.4. The van der Waals surface area contributed by atoms with Crippen LogP contribution >= 0.6 is 0 Å². The largest absolute Gasteiger partial charge is 0.394 e. The fraction of sp³-hybridized carbons (Fsp3) is 0.714. The van der Waals surface area contributed by atoms with Crippen molar-refractivity contribution in [3.8, 4) is 11.5 Å². The third-order valence-electron chi connectivity index (χ3n) is 2.93. The Labute approximate surface area is 126 Å². The minimum atomic E-state index is -1.59. The van der Waals surface area contributed by atoms with E-state index in [1.54, 1.807) is 0 Å². The Hall–Kier alpha value is -0.723. The molecule has 6 atom stereocenters. The Bertz CT molecular complexity index is 408. The van der Waals surface area contributed by atoms with Gasteiger partial charge in [0.1, 0.15) is 38.6 Å². The molecule has 0 saturated carbocycles. The SMILES string of the molecule is C=C[C@@H](C#C[Si](C)(C)C)O[C@@H]1O[C@H](CO)[C@@H](O)[C@H](O)[C@H]1O. The topological polar surface area (TPSA) is 99.4 Å². The van der Waals surface area contributed by atoms with Crippen LogP contribution in [0.25, 0.3) is 0 Å². The summed E-state index contributed by atoms with van der Waals surface area (Å²) in [6.07, 6.45) is -5.69. The number of hydrogen-bond acceptors (Lipinski definition) is 6. The Balaban J connectivity index is 2.78. The van der Waals surface area contributed by atoms with Gasteiger partial charge < -0.3 is 29.9 Å². The first-order chi connectivity index (χ1) is 9.69. The molecule has 0 amide bonds. The normalized spacial score (nSPS) is 34.7. The molecule has 0 radical (unpaired) electrons. The van der Waals surface area contributed by atoms with Crippen molar-refractivity contribution in [2.75, 3.05) is 6.61 Å². The van der Waals surface area contributed by atoms with Crippen LogP contribution in [0.15, 0.2) is 12.7 Å². The molecule has 6 nitrogen and oxygen atoms in total. The molecule has 0 aromatic rings. The fourth-order valence-electron chi connectivity index (χ4n) is 1.76. The quantitative estimate of drug-likeness (QED) is 0.309. The summed E-state index contributed by atoms with van der Waals surface area (Å²) in [6.45, 7) is 9.35. The first-order valence-corrected chi connectivity index (χ1v) is 10.3. The van der Waals surface area contributed by atoms with E-state index < -0.39 is 51.5 Å². The second kappa shape index (κ2) is 7.51. The molecule has 4 N–H and O–H groups in total. The number of rotatable bonds is 4. The standard InChI is InChI=1S/C14H24O6Si/c1-5-9(6-7-21(2,3)4)19-14-13(18)12(17)11(16)10(8-15)20-14/h5,9-18H,1,8H2,2-4H3/t9-,10+,11+,12-,13+,14+/m0/s1. The zero-order chi connectivity index (χ0) is 16.2. The summed E-state index contributed by atoms with van der Waals surface area (Å²) in [7, 11) is -1.59. The van der Waals surface area contributed by atoms with Crippen molar-refractivity contribution < 1.29 is 29.9 Å². The van der Waals surface area contributed by atoms with Crippen LogP contribution in [0.2, 0.25) is 19.6 Å². The van der Waals surface area contributed by atoms with Gasteiger partial charge in [0.25, 0.3) is 0 Å². The van der Waals surface area contributed by atoms with Crippen LogP contribution in [0.4, 0.5) is 0 Å². The molecule has 1 fully saturated rings. The highest BCUT2D eigenvalue weighted by molar-refractivity contribution is 6.83. The first kappa shape index (κ1) is 18.3. The van der Waals surface area contributed by atoms with E-state index >= 15 is 0 Å². The van der Waals surface area contributed by atoms with Crippen LogP contribution in [0.1, 0.15) is 0 Å². The molecular formula is C14H24O6Si. The van der Waals surface area contributed by atoms with Crippen molar-refractivity contribution in [2.45, 2.75) is 56.5 Å². The Kier molecular flexibility index (Phi) is 6.56. The molecule has 0 bridgehead atoms. The molecular weight excluding hydrogens is 292 g/mol. The average Bonchev–Trinajstić information content (AvgIpc) is 2.42. The number of hydrogen-bond donors (Lipinski definition) is 4. The zero-order valence-corrected chi connectivity index (χ0v) is 13.6. The summed E-state index contributed by atoms with van der Waals surface area (Å²) in [5.41, 5.74) is 3.12. The Morgan fingerprint density at radius 3 is 2.33 bits per heavy atom. The molecule has 120 valence electrons. The maximum absolute atomic E-state index is 9.88. The van der Waals surface area contributed by atoms with Gasteiger partial charge >= 0.3 is 0 Å². The van der Waals surface area contributed by atoms with Crippen molar-refractivity contribution >= 4 is 8.07 Å². The van der Waals surface area contributed by atoms with Crippen molar-refractivity contribution in [2.24, 2.45) is 0 Å². The summed E-state index contributed by atoms with van der Waals surface area (Å²) in [6, 6.07) is 0. The molecule has 0 aromatic carbocycles. The second-order valence-electron chi connectivity index (χ2n) is 6.01. The fourth-order valence-corrected chi connectivity index (χ4v) is 2.34. The van der Waals surface area contributed by atoms with Crippen LogP contribution in [0, 0.1) is 11.5 Å². The van der Waals surface area contributed by atoms with Gasteiger partial charge in [-0.15, -0.1) is 5.54 Å². The van der Waals surface area contributed by atoms with Gasteiger partial charge in [-0.05, 0) is 0 Å². The van der Waals surface area contributed by atoms with E-state index in [9.17, 15) is 15.3 Å². The van der Waals surface area contributed by atoms with E-state index in [1.807, 2.05) is 0 Å². The van der Waals surface area contributed by atoms with Gasteiger partial charge in [0.15, 0.2) is 6.29 Å². The average molecular weight is 316 g/mol. The third-order valence-corrected chi connectivity index (χ3v) is 3.83. The lowest BCUT2D eigenvalue weighted by molar-refractivity contribution is -0.303. The highest BCUT2D eigenvalue weighted by Gasteiger charge is 2.44. The molecule has 0 aromatic heterocycles. The van der Waals surface area contributed by atoms with E-state index in [-0.39, 0.29) is 0 Å². The van der Waals surface area contributed by atoms with Crippen molar-refractivity contribution in [1.29, 1.82) is 0 Å². The Morgan fingerprint density at radius 1 is 1.24 bits per heavy atom. The molecule has 0 spiro atoms. The smallest absolute Gasteiger partial charge is 0.188 e. The molecule has 1 aliphatic heterocycles. The van der Waals surface area contributed by atoms with Crippen molar-refractivity contribution in [3.05, 3.63) is 12.7 Å². The van der Waals surface area contributed by atoms with Gasteiger partial charge in [-0.1, -0.05) is 38.2 Å². The van der Waals surface area contributed by atoms with E-state index in [4.69, 9.17) is 14.6 Å². The van der Waals surface area contributed by atoms with Crippen LogP contribution in [0.3, 0.4) is 0 Å². The molecule has 1 aliphatic rings. The number of aliphatic hydroxyl groups is 4. The van der Waals surface area contributed by atoms with E-state index in [0.717, 1.165) is 0 Å². The van der Waals surface area contributed by atoms with Gasteiger partial charge in [-0.25, -0.2) is 0 Å². The van der Waals surface area contributed by atoms with Gasteiger partial charge in [0.05, 0.1) is 6.61 Å². The van der Waals surface area contributed by atoms with Gasteiger partial charge in [0.2, 0.25) is 0 Å². The Morgan fingerprint density at radius 2 is 1.86 bits per heavy atom. The lowest BCUT2D eigenvalue weighted by Gasteiger charge is -2.40. The molecule has 21 heavy (non-hydrogen) atoms. The predicted molar refractivity (Wildman–Crippen MR) is 80.0 cm³/mol. The van der Waals surface area contributed by atoms with Gasteiger partial charge in [-0.3, -0.25) is 0 Å². The van der Waals surface area contributed by atoms with Crippen LogP contribution < -0.4 is 0 Å². The van der Waals surface area contributed by atoms with Crippen LogP contribution in [-0.4, -0.2) is 71.9 Å². The second-order valence-corrected chi connectivity index (χ2v) is 10.8. The molecule has 0 aliphatic carbocycles. The highest BCUT2D eigenvalue weighted by Crippen LogP contribution is 2.23. The lowest BCUT2D eigenvalue weighted by atomic mass is 9.99. The first-order valence-electron chi connectivity index (χ1n) is 6.81. The number of aliphatic hydroxyl groups excluding tert-OH is 4. The van der Waals surface area contributed by atoms with Gasteiger partial charge in [0, 0.05) is 0 Å². The number of ether oxygens (including phenoxy) is 2. The molecule has 0 unspecified atom stereocenters. The summed E-state index contributed by atoms with van der Waals surface area (Å²) >= 11 is 0. The monoisotopic (exact) mass is 316 g/mol. The predicted octanol–water partition coefficient (Wildman–Crippen LogP) is -0.762. The van der Waals surface area contributed by atoms with Crippen LogP contribution in [0.5, 0.6) is 0 Å². The zero-order valence-electron chi connectivity index (χ0n) is 12.6. The molecule has 1 saturated heterocycles. The van der Waals surface area contributed by atoms with E-state index in [1.165, 1.54) is 6.08 Å². The van der Waals surface area contributed by atoms with E-state index in [2.05, 4.69) is 37.7 Å². The summed E-state index contributed by atoms with van der Waals surface area (Å²) in [5.74, 6) is 2.91. The minimum absolute atomic E-state index is 0.496. The summed E-state index contributed by atoms with van der Waals surface area (Å²) < 4.78 is 10.7.